The van der Waals surface area contributed by atoms with Gasteiger partial charge in [0, 0.05) is 11.0 Å². The Morgan fingerprint density at radius 1 is 1.08 bits per heavy atom. The van der Waals surface area contributed by atoms with Crippen LogP contribution in [0.1, 0.15) is 11.3 Å². The molecule has 1 N–H and O–H groups in total. The summed E-state index contributed by atoms with van der Waals surface area (Å²) in [5, 5.41) is 7.43. The Balaban J connectivity index is 1.63. The molecule has 122 valence electrons. The Kier molecular flexibility index (Phi) is 5.33. The molecule has 0 aliphatic carbocycles. The fourth-order valence-corrected chi connectivity index (χ4v) is 3.09. The van der Waals surface area contributed by atoms with Gasteiger partial charge in [-0.1, -0.05) is 48.5 Å². The Bertz CT molecular complexity index is 800. The highest BCUT2D eigenvalue weighted by Gasteiger charge is 2.10. The van der Waals surface area contributed by atoms with Gasteiger partial charge >= 0.3 is 0 Å². The van der Waals surface area contributed by atoms with Crippen LogP contribution in [-0.4, -0.2) is 21.4 Å². The van der Waals surface area contributed by atoms with Gasteiger partial charge in [0.15, 0.2) is 0 Å². The van der Waals surface area contributed by atoms with E-state index in [9.17, 15) is 4.79 Å². The number of nitrogens with one attached hydrogen (secondary N) is 1. The molecular weight excluding hydrogens is 318 g/mol. The Hall–Kier alpha value is -2.53. The Labute approximate surface area is 145 Å². The lowest BCUT2D eigenvalue weighted by Gasteiger charge is -2.09. The number of hydrogen-bond acceptors (Lipinski definition) is 3. The molecule has 0 aliphatic heterocycles. The molecule has 0 radical (unpaired) electrons. The zero-order chi connectivity index (χ0) is 16.8. The molecule has 4 nitrogen and oxygen atoms in total. The van der Waals surface area contributed by atoms with Crippen molar-refractivity contribution < 1.29 is 4.79 Å². The van der Waals surface area contributed by atoms with E-state index in [2.05, 4.69) is 10.4 Å². The van der Waals surface area contributed by atoms with Crippen LogP contribution in [0.15, 0.2) is 71.6 Å². The van der Waals surface area contributed by atoms with Crippen LogP contribution in [0.2, 0.25) is 0 Å². The van der Waals surface area contributed by atoms with Crippen LogP contribution in [0, 0.1) is 6.92 Å². The summed E-state index contributed by atoms with van der Waals surface area (Å²) >= 11 is 1.52. The monoisotopic (exact) mass is 337 g/mol. The molecule has 0 fully saturated rings. The number of aryl methyl sites for hydroxylation is 1. The van der Waals surface area contributed by atoms with Gasteiger partial charge in [0.2, 0.25) is 5.91 Å². The van der Waals surface area contributed by atoms with E-state index in [0.717, 1.165) is 22.0 Å². The van der Waals surface area contributed by atoms with Crippen molar-refractivity contribution in [1.82, 2.24) is 9.78 Å². The molecule has 0 spiro atoms. The number of benzene rings is 2. The maximum absolute atomic E-state index is 12.2. The van der Waals surface area contributed by atoms with Crippen molar-refractivity contribution in [2.24, 2.45) is 0 Å². The van der Waals surface area contributed by atoms with Gasteiger partial charge in [-0.3, -0.25) is 4.79 Å². The lowest BCUT2D eigenvalue weighted by atomic mass is 10.2. The van der Waals surface area contributed by atoms with Crippen molar-refractivity contribution in [2.75, 3.05) is 11.1 Å². The summed E-state index contributed by atoms with van der Waals surface area (Å²) in [6, 6.07) is 21.9. The molecule has 0 aliphatic rings. The summed E-state index contributed by atoms with van der Waals surface area (Å²) in [5.74, 6) is 1.08. The van der Waals surface area contributed by atoms with Crippen molar-refractivity contribution in [3.8, 4) is 0 Å². The van der Waals surface area contributed by atoms with Gasteiger partial charge in [0.1, 0.15) is 5.82 Å². The minimum Gasteiger partial charge on any atom is -0.310 e. The Morgan fingerprint density at radius 3 is 2.46 bits per heavy atom. The summed E-state index contributed by atoms with van der Waals surface area (Å²) in [4.78, 5) is 13.3. The highest BCUT2D eigenvalue weighted by molar-refractivity contribution is 8.00. The van der Waals surface area contributed by atoms with Crippen LogP contribution < -0.4 is 5.32 Å². The summed E-state index contributed by atoms with van der Waals surface area (Å²) in [5.41, 5.74) is 2.03. The number of anilines is 1. The largest absolute Gasteiger partial charge is 0.310 e. The molecule has 5 heteroatoms. The number of carbonyl (C=O) groups excluding carboxylic acids is 1. The van der Waals surface area contributed by atoms with Crippen molar-refractivity contribution in [3.63, 3.8) is 0 Å². The molecule has 3 aromatic rings. The number of carbonyl (C=O) groups is 1. The van der Waals surface area contributed by atoms with Crippen molar-refractivity contribution in [3.05, 3.63) is 78.0 Å². The molecule has 1 amide bonds. The smallest absolute Gasteiger partial charge is 0.235 e. The zero-order valence-electron chi connectivity index (χ0n) is 13.5. The third kappa shape index (κ3) is 4.49. The van der Waals surface area contributed by atoms with E-state index in [0.29, 0.717) is 12.3 Å². The van der Waals surface area contributed by atoms with Gasteiger partial charge < -0.3 is 5.32 Å². The molecule has 0 atom stereocenters. The average Bonchev–Trinajstić information content (AvgIpc) is 2.94. The van der Waals surface area contributed by atoms with E-state index in [4.69, 9.17) is 0 Å². The van der Waals surface area contributed by atoms with Crippen molar-refractivity contribution in [2.45, 2.75) is 18.4 Å². The fraction of sp³-hybridized carbons (Fsp3) is 0.158. The first kappa shape index (κ1) is 16.3. The first-order valence-corrected chi connectivity index (χ1v) is 8.75. The first-order chi connectivity index (χ1) is 11.7. The SMILES string of the molecule is Cc1cc(NC(=O)CSc2ccccc2)n(Cc2ccccc2)n1. The lowest BCUT2D eigenvalue weighted by Crippen LogP contribution is -2.17. The van der Waals surface area contributed by atoms with E-state index in [1.165, 1.54) is 11.8 Å². The molecule has 2 aromatic carbocycles. The van der Waals surface area contributed by atoms with E-state index in [1.54, 1.807) is 0 Å². The number of hydrogen-bond donors (Lipinski definition) is 1. The number of nitrogens with zero attached hydrogens (tertiary/aromatic N) is 2. The van der Waals surface area contributed by atoms with E-state index >= 15 is 0 Å². The summed E-state index contributed by atoms with van der Waals surface area (Å²) < 4.78 is 1.83. The number of rotatable bonds is 6. The average molecular weight is 337 g/mol. The maximum atomic E-state index is 12.2. The predicted octanol–water partition coefficient (Wildman–Crippen LogP) is 3.97. The summed E-state index contributed by atoms with van der Waals surface area (Å²) in [6.45, 7) is 2.56. The normalized spacial score (nSPS) is 10.5. The van der Waals surface area contributed by atoms with E-state index < -0.39 is 0 Å². The molecule has 1 heterocycles. The van der Waals surface area contributed by atoms with Crippen LogP contribution in [-0.2, 0) is 11.3 Å². The molecule has 1 aromatic heterocycles. The summed E-state index contributed by atoms with van der Waals surface area (Å²) in [7, 11) is 0. The molecule has 0 bridgehead atoms. The molecular formula is C19H19N3OS. The minimum absolute atomic E-state index is 0.0296. The topological polar surface area (TPSA) is 46.9 Å². The van der Waals surface area contributed by atoms with Crippen LogP contribution >= 0.6 is 11.8 Å². The maximum Gasteiger partial charge on any atom is 0.235 e. The minimum atomic E-state index is -0.0296. The lowest BCUT2D eigenvalue weighted by molar-refractivity contribution is -0.113. The quantitative estimate of drug-likeness (QED) is 0.692. The highest BCUT2D eigenvalue weighted by atomic mass is 32.2. The van der Waals surface area contributed by atoms with Crippen molar-refractivity contribution in [1.29, 1.82) is 0 Å². The van der Waals surface area contributed by atoms with Crippen LogP contribution in [0.25, 0.3) is 0 Å². The van der Waals surface area contributed by atoms with Crippen LogP contribution in [0.3, 0.4) is 0 Å². The van der Waals surface area contributed by atoms with E-state index in [1.807, 2.05) is 78.3 Å². The summed E-state index contributed by atoms with van der Waals surface area (Å²) in [6.07, 6.45) is 0. The van der Waals surface area contributed by atoms with Gasteiger partial charge in [0.05, 0.1) is 18.0 Å². The molecule has 0 unspecified atom stereocenters. The second-order valence-corrected chi connectivity index (χ2v) is 6.51. The second-order valence-electron chi connectivity index (χ2n) is 5.46. The van der Waals surface area contributed by atoms with Gasteiger partial charge in [-0.2, -0.15) is 5.10 Å². The molecule has 0 saturated carbocycles. The number of amides is 1. The fourth-order valence-electron chi connectivity index (χ4n) is 2.37. The van der Waals surface area contributed by atoms with Gasteiger partial charge in [-0.15, -0.1) is 11.8 Å². The van der Waals surface area contributed by atoms with Crippen LogP contribution in [0.5, 0.6) is 0 Å². The van der Waals surface area contributed by atoms with Gasteiger partial charge in [-0.05, 0) is 24.6 Å². The van der Waals surface area contributed by atoms with Crippen LogP contribution in [0.4, 0.5) is 5.82 Å². The molecule has 0 saturated heterocycles. The zero-order valence-corrected chi connectivity index (χ0v) is 14.3. The number of thioether (sulfide) groups is 1. The highest BCUT2D eigenvalue weighted by Crippen LogP contribution is 2.18. The van der Waals surface area contributed by atoms with Gasteiger partial charge in [-0.25, -0.2) is 4.68 Å². The third-order valence-corrected chi connectivity index (χ3v) is 4.47. The molecule has 3 rings (SSSR count). The third-order valence-electron chi connectivity index (χ3n) is 3.46. The second kappa shape index (κ2) is 7.84. The molecule has 24 heavy (non-hydrogen) atoms. The van der Waals surface area contributed by atoms with Gasteiger partial charge in [0.25, 0.3) is 0 Å². The van der Waals surface area contributed by atoms with Crippen molar-refractivity contribution >= 4 is 23.5 Å². The first-order valence-electron chi connectivity index (χ1n) is 7.77. The number of aromatic nitrogens is 2. The standard InChI is InChI=1S/C19H19N3OS/c1-15-12-18(22(21-15)13-16-8-4-2-5-9-16)20-19(23)14-24-17-10-6-3-7-11-17/h2-12H,13-14H2,1H3,(H,20,23). The van der Waals surface area contributed by atoms with E-state index in [-0.39, 0.29) is 5.91 Å². The Morgan fingerprint density at radius 2 is 1.75 bits per heavy atom. The predicted molar refractivity (Wildman–Crippen MR) is 98.3 cm³/mol.